The summed E-state index contributed by atoms with van der Waals surface area (Å²) in [4.78, 5) is 14.9. The molecule has 78 valence electrons. The molecule has 6 heteroatoms. The molecule has 0 aromatic carbocycles. The summed E-state index contributed by atoms with van der Waals surface area (Å²) in [6.07, 6.45) is 1.05. The third-order valence-electron chi connectivity index (χ3n) is 1.74. The van der Waals surface area contributed by atoms with Crippen molar-refractivity contribution >= 4 is 5.82 Å². The average molecular weight is 199 g/mol. The van der Waals surface area contributed by atoms with E-state index in [1.165, 1.54) is 31.0 Å². The summed E-state index contributed by atoms with van der Waals surface area (Å²) in [5.41, 5.74) is 4.90. The number of methoxy groups -OCH3 is 2. The van der Waals surface area contributed by atoms with E-state index >= 15 is 0 Å². The molecule has 0 fully saturated rings. The van der Waals surface area contributed by atoms with Crippen molar-refractivity contribution in [1.29, 1.82) is 0 Å². The van der Waals surface area contributed by atoms with Crippen molar-refractivity contribution in [3.63, 3.8) is 0 Å². The number of nitrogens with zero attached hydrogens (tertiary/aromatic N) is 2. The van der Waals surface area contributed by atoms with Gasteiger partial charge in [-0.25, -0.2) is 4.79 Å². The smallest absolute Gasteiger partial charge is 0.351 e. The van der Waals surface area contributed by atoms with Crippen LogP contribution in [0.25, 0.3) is 0 Å². The molecule has 0 aliphatic rings. The molecule has 0 saturated heterocycles. The van der Waals surface area contributed by atoms with Crippen LogP contribution in [-0.2, 0) is 9.47 Å². The van der Waals surface area contributed by atoms with Crippen LogP contribution in [0.2, 0.25) is 0 Å². The quantitative estimate of drug-likeness (QED) is 0.714. The highest BCUT2D eigenvalue weighted by Gasteiger charge is 2.10. The Morgan fingerprint density at radius 2 is 2.36 bits per heavy atom. The largest absolute Gasteiger partial charge is 0.383 e. The Morgan fingerprint density at radius 1 is 1.64 bits per heavy atom. The number of hydrogen-bond acceptors (Lipinski definition) is 5. The predicted octanol–water partition coefficient (Wildman–Crippen LogP) is -0.383. The summed E-state index contributed by atoms with van der Waals surface area (Å²) >= 11 is 0. The molecular weight excluding hydrogens is 186 g/mol. The van der Waals surface area contributed by atoms with Crippen molar-refractivity contribution in [1.82, 2.24) is 9.55 Å². The molecule has 2 N–H and O–H groups in total. The Bertz CT molecular complexity index is 350. The summed E-state index contributed by atoms with van der Waals surface area (Å²) in [5.74, 6) is 0.193. The van der Waals surface area contributed by atoms with Gasteiger partial charge in [-0.15, -0.1) is 0 Å². The third-order valence-corrected chi connectivity index (χ3v) is 1.74. The molecule has 0 aliphatic heterocycles. The molecular formula is C8H13N3O3. The monoisotopic (exact) mass is 199 g/mol. The van der Waals surface area contributed by atoms with Gasteiger partial charge in [0.2, 0.25) is 0 Å². The van der Waals surface area contributed by atoms with Crippen LogP contribution in [0.5, 0.6) is 0 Å². The van der Waals surface area contributed by atoms with Gasteiger partial charge in [-0.1, -0.05) is 0 Å². The minimum absolute atomic E-state index is 0.193. The van der Waals surface area contributed by atoms with Crippen molar-refractivity contribution in [2.75, 3.05) is 26.6 Å². The van der Waals surface area contributed by atoms with Gasteiger partial charge >= 0.3 is 5.69 Å². The zero-order valence-corrected chi connectivity index (χ0v) is 8.14. The lowest BCUT2D eigenvalue weighted by molar-refractivity contribution is -0.0211. The van der Waals surface area contributed by atoms with E-state index in [1.807, 2.05) is 0 Å². The fourth-order valence-corrected chi connectivity index (χ4v) is 1.05. The van der Waals surface area contributed by atoms with Crippen LogP contribution in [0.1, 0.15) is 6.23 Å². The SMILES string of the molecule is COC[C@H](OC)n1ccc(N)nc1=O. The molecule has 1 aromatic rings. The normalized spacial score (nSPS) is 12.7. The topological polar surface area (TPSA) is 79.4 Å². The van der Waals surface area contributed by atoms with Gasteiger partial charge in [0.25, 0.3) is 0 Å². The Kier molecular flexibility index (Phi) is 3.61. The second-order valence-electron chi connectivity index (χ2n) is 2.69. The van der Waals surface area contributed by atoms with Crippen molar-refractivity contribution < 1.29 is 9.47 Å². The fraction of sp³-hybridized carbons (Fsp3) is 0.500. The summed E-state index contributed by atoms with van der Waals surface area (Å²) in [7, 11) is 3.02. The van der Waals surface area contributed by atoms with Gasteiger partial charge in [0.1, 0.15) is 5.82 Å². The predicted molar refractivity (Wildman–Crippen MR) is 50.8 cm³/mol. The lowest BCUT2D eigenvalue weighted by Gasteiger charge is -2.16. The number of rotatable bonds is 4. The summed E-state index contributed by atoms with van der Waals surface area (Å²) < 4.78 is 11.3. The highest BCUT2D eigenvalue weighted by molar-refractivity contribution is 5.23. The Morgan fingerprint density at radius 3 is 2.86 bits per heavy atom. The van der Waals surface area contributed by atoms with Crippen LogP contribution in [0.3, 0.4) is 0 Å². The van der Waals surface area contributed by atoms with Crippen LogP contribution < -0.4 is 11.4 Å². The van der Waals surface area contributed by atoms with Gasteiger partial charge in [0.05, 0.1) is 6.61 Å². The molecule has 1 atom stereocenters. The third kappa shape index (κ3) is 2.30. The molecule has 0 amide bonds. The second-order valence-corrected chi connectivity index (χ2v) is 2.69. The Hall–Kier alpha value is -1.40. The molecule has 0 saturated carbocycles. The van der Waals surface area contributed by atoms with E-state index in [0.717, 1.165) is 0 Å². The molecule has 0 radical (unpaired) electrons. The maximum Gasteiger partial charge on any atom is 0.351 e. The number of nitrogens with two attached hydrogens (primary N) is 1. The number of anilines is 1. The molecule has 0 unspecified atom stereocenters. The standard InChI is InChI=1S/C8H13N3O3/c1-13-5-7(14-2)11-4-3-6(9)10-8(11)12/h3-4,7H,5H2,1-2H3,(H2,9,10,12)/t7-/m0/s1. The van der Waals surface area contributed by atoms with Gasteiger partial charge in [-0.3, -0.25) is 4.57 Å². The molecule has 1 rings (SSSR count). The lowest BCUT2D eigenvalue weighted by atomic mass is 10.5. The summed E-state index contributed by atoms with van der Waals surface area (Å²) in [6.45, 7) is 0.280. The van der Waals surface area contributed by atoms with E-state index in [4.69, 9.17) is 15.2 Å². The number of nitrogen functional groups attached to an aromatic ring is 1. The first-order chi connectivity index (χ1) is 6.69. The molecule has 6 nitrogen and oxygen atoms in total. The van der Waals surface area contributed by atoms with E-state index in [-0.39, 0.29) is 12.4 Å². The minimum atomic E-state index is -0.472. The maximum absolute atomic E-state index is 11.4. The Labute approximate surface area is 81.3 Å². The van der Waals surface area contributed by atoms with E-state index < -0.39 is 11.9 Å². The van der Waals surface area contributed by atoms with Crippen LogP contribution >= 0.6 is 0 Å². The fourth-order valence-electron chi connectivity index (χ4n) is 1.05. The summed E-state index contributed by atoms with van der Waals surface area (Å²) in [6, 6.07) is 1.53. The number of ether oxygens (including phenoxy) is 2. The number of hydrogen-bond donors (Lipinski definition) is 1. The van der Waals surface area contributed by atoms with Gasteiger partial charge < -0.3 is 15.2 Å². The first kappa shape index (κ1) is 10.7. The molecule has 0 aliphatic carbocycles. The summed E-state index contributed by atoms with van der Waals surface area (Å²) in [5, 5.41) is 0. The first-order valence-electron chi connectivity index (χ1n) is 4.05. The van der Waals surface area contributed by atoms with Gasteiger partial charge in [-0.2, -0.15) is 4.98 Å². The molecule has 1 aromatic heterocycles. The van der Waals surface area contributed by atoms with Crippen molar-refractivity contribution in [2.24, 2.45) is 0 Å². The van der Waals surface area contributed by atoms with E-state index in [9.17, 15) is 4.79 Å². The highest BCUT2D eigenvalue weighted by atomic mass is 16.5. The molecule has 0 spiro atoms. The molecule has 1 heterocycles. The zero-order chi connectivity index (χ0) is 10.6. The lowest BCUT2D eigenvalue weighted by Crippen LogP contribution is -2.30. The first-order valence-corrected chi connectivity index (χ1v) is 4.05. The van der Waals surface area contributed by atoms with Gasteiger partial charge in [0, 0.05) is 20.4 Å². The van der Waals surface area contributed by atoms with Crippen LogP contribution in [-0.4, -0.2) is 30.4 Å². The second kappa shape index (κ2) is 4.73. The molecule has 14 heavy (non-hydrogen) atoms. The van der Waals surface area contributed by atoms with Gasteiger partial charge in [0.15, 0.2) is 6.23 Å². The van der Waals surface area contributed by atoms with Gasteiger partial charge in [-0.05, 0) is 6.07 Å². The van der Waals surface area contributed by atoms with Crippen molar-refractivity contribution in [2.45, 2.75) is 6.23 Å². The van der Waals surface area contributed by atoms with Crippen LogP contribution in [0.15, 0.2) is 17.1 Å². The van der Waals surface area contributed by atoms with Crippen molar-refractivity contribution in [3.8, 4) is 0 Å². The maximum atomic E-state index is 11.4. The van der Waals surface area contributed by atoms with Crippen molar-refractivity contribution in [3.05, 3.63) is 22.7 Å². The highest BCUT2D eigenvalue weighted by Crippen LogP contribution is 2.04. The minimum Gasteiger partial charge on any atom is -0.383 e. The van der Waals surface area contributed by atoms with E-state index in [2.05, 4.69) is 4.98 Å². The molecule has 0 bridgehead atoms. The Balaban J connectivity index is 2.98. The van der Waals surface area contributed by atoms with Crippen LogP contribution in [0, 0.1) is 0 Å². The zero-order valence-electron chi connectivity index (χ0n) is 8.14. The van der Waals surface area contributed by atoms with E-state index in [0.29, 0.717) is 0 Å². The number of aromatic nitrogens is 2. The van der Waals surface area contributed by atoms with E-state index in [1.54, 1.807) is 0 Å². The van der Waals surface area contributed by atoms with Crippen LogP contribution in [0.4, 0.5) is 5.82 Å². The average Bonchev–Trinajstić information content (AvgIpc) is 2.15.